The quantitative estimate of drug-likeness (QED) is 0.0979. The summed E-state index contributed by atoms with van der Waals surface area (Å²) in [5.41, 5.74) is 8.44. The van der Waals surface area contributed by atoms with Crippen molar-refractivity contribution in [2.75, 3.05) is 60.6 Å². The molecule has 3 amide bonds. The van der Waals surface area contributed by atoms with Crippen LogP contribution in [0.5, 0.6) is 23.0 Å². The lowest BCUT2D eigenvalue weighted by atomic mass is 10.1. The van der Waals surface area contributed by atoms with Crippen molar-refractivity contribution in [3.63, 3.8) is 0 Å². The molecule has 4 N–H and O–H groups in total. The third-order valence-electron chi connectivity index (χ3n) is 11.5. The van der Waals surface area contributed by atoms with Gasteiger partial charge in [-0.15, -0.1) is 0 Å². The van der Waals surface area contributed by atoms with E-state index < -0.39 is 6.04 Å². The van der Waals surface area contributed by atoms with Crippen LogP contribution in [0, 0.1) is 0 Å². The molecular weight excluding hydrogens is 761 g/mol. The third kappa shape index (κ3) is 7.63. The number of rotatable bonds is 13. The lowest BCUT2D eigenvalue weighted by Crippen LogP contribution is -2.39. The predicted octanol–water partition coefficient (Wildman–Crippen LogP) is 7.04. The van der Waals surface area contributed by atoms with Gasteiger partial charge in [-0.25, -0.2) is 0 Å². The number of fused-ring (bicyclic) bond motifs is 5. The lowest BCUT2D eigenvalue weighted by molar-refractivity contribution is -0.117. The fraction of sp³-hybridized carbons (Fsp3) is 0.298. The van der Waals surface area contributed by atoms with Gasteiger partial charge in [0.15, 0.2) is 23.0 Å². The van der Waals surface area contributed by atoms with E-state index in [9.17, 15) is 14.4 Å². The molecule has 3 aliphatic rings. The van der Waals surface area contributed by atoms with Crippen molar-refractivity contribution in [1.82, 2.24) is 5.32 Å². The third-order valence-corrected chi connectivity index (χ3v) is 11.5. The molecule has 13 heteroatoms. The van der Waals surface area contributed by atoms with Gasteiger partial charge in [0.1, 0.15) is 13.2 Å². The summed E-state index contributed by atoms with van der Waals surface area (Å²) in [6, 6.07) is 28.2. The first-order valence-electron chi connectivity index (χ1n) is 20.2. The molecule has 0 saturated carbocycles. The zero-order valence-corrected chi connectivity index (χ0v) is 34.7. The number of carbonyl (C=O) groups excluding carboxylic acids is 3. The summed E-state index contributed by atoms with van der Waals surface area (Å²) in [5, 5.41) is 12.6. The van der Waals surface area contributed by atoms with E-state index in [0.717, 1.165) is 46.5 Å². The van der Waals surface area contributed by atoms with Crippen LogP contribution in [0.1, 0.15) is 56.8 Å². The Kier molecular flexibility index (Phi) is 11.3. The van der Waals surface area contributed by atoms with E-state index in [0.29, 0.717) is 57.7 Å². The summed E-state index contributed by atoms with van der Waals surface area (Å²) in [5.74, 6) is 1.29. The maximum Gasteiger partial charge on any atom is 0.260 e. The molecule has 0 aliphatic carbocycles. The number of hydrogen-bond donors (Lipinski definition) is 4. The zero-order valence-electron chi connectivity index (χ0n) is 34.7. The van der Waals surface area contributed by atoms with Crippen molar-refractivity contribution in [3.05, 3.63) is 124 Å². The zero-order chi connectivity index (χ0) is 42.1. The Morgan fingerprint density at radius 1 is 0.800 bits per heavy atom. The first-order valence-corrected chi connectivity index (χ1v) is 20.2. The molecule has 0 radical (unpaired) electrons. The maximum absolute atomic E-state index is 14.1. The van der Waals surface area contributed by atoms with Crippen LogP contribution in [0.4, 0.5) is 28.4 Å². The highest BCUT2D eigenvalue weighted by molar-refractivity contribution is 6.13. The van der Waals surface area contributed by atoms with Gasteiger partial charge in [0.05, 0.1) is 48.8 Å². The highest BCUT2D eigenvalue weighted by Gasteiger charge is 2.38. The van der Waals surface area contributed by atoms with E-state index in [2.05, 4.69) is 33.4 Å². The Morgan fingerprint density at radius 3 is 2.10 bits per heavy atom. The van der Waals surface area contributed by atoms with Crippen LogP contribution in [0.15, 0.2) is 91.0 Å². The van der Waals surface area contributed by atoms with Gasteiger partial charge in [-0.3, -0.25) is 14.4 Å². The number of carbonyl (C=O) groups is 3. The monoisotopic (exact) mass is 810 g/mol. The molecule has 0 spiro atoms. The molecule has 60 heavy (non-hydrogen) atoms. The minimum Gasteiger partial charge on any atom is -0.493 e. The van der Waals surface area contributed by atoms with Gasteiger partial charge in [0, 0.05) is 48.8 Å². The van der Waals surface area contributed by atoms with Crippen molar-refractivity contribution in [2.24, 2.45) is 0 Å². The Morgan fingerprint density at radius 2 is 1.43 bits per heavy atom. The second kappa shape index (κ2) is 16.9. The largest absolute Gasteiger partial charge is 0.493 e. The normalized spacial score (nSPS) is 16.7. The molecule has 3 heterocycles. The molecule has 0 bridgehead atoms. The number of nitrogens with one attached hydrogen (secondary N) is 4. The van der Waals surface area contributed by atoms with Crippen molar-refractivity contribution >= 4 is 46.2 Å². The van der Waals surface area contributed by atoms with Crippen LogP contribution < -0.4 is 50.0 Å². The summed E-state index contributed by atoms with van der Waals surface area (Å²) >= 11 is 0. The molecule has 3 atom stereocenters. The number of benzene rings is 5. The number of amides is 3. The van der Waals surface area contributed by atoms with Gasteiger partial charge < -0.3 is 50.0 Å². The molecule has 5 aromatic carbocycles. The summed E-state index contributed by atoms with van der Waals surface area (Å²) in [7, 11) is 6.59. The average Bonchev–Trinajstić information content (AvgIpc) is 3.78. The van der Waals surface area contributed by atoms with Crippen LogP contribution >= 0.6 is 0 Å². The Hall–Kier alpha value is -6.73. The Bertz CT molecular complexity index is 2470. The van der Waals surface area contributed by atoms with E-state index in [-0.39, 0.29) is 43.0 Å². The van der Waals surface area contributed by atoms with Gasteiger partial charge in [-0.2, -0.15) is 0 Å². The van der Waals surface area contributed by atoms with Crippen LogP contribution in [-0.4, -0.2) is 70.7 Å². The molecule has 3 aliphatic heterocycles. The van der Waals surface area contributed by atoms with Crippen LogP contribution in [0.2, 0.25) is 0 Å². The molecule has 5 aromatic rings. The van der Waals surface area contributed by atoms with Gasteiger partial charge in [0.2, 0.25) is 5.91 Å². The van der Waals surface area contributed by atoms with E-state index in [1.54, 1.807) is 53.4 Å². The topological polar surface area (TPSA) is 143 Å². The first kappa shape index (κ1) is 40.1. The molecule has 13 nitrogen and oxygen atoms in total. The van der Waals surface area contributed by atoms with Crippen molar-refractivity contribution < 1.29 is 33.3 Å². The standard InChI is InChI=1S/C47H50N6O7/c1-27-15-31-11-7-9-13-39(31)52(27)46(55)35-20-41(57-5)43(22-37(35)49-4)59-25-29-16-30(18-33(17-29)51-45(54)28(2)48-3)26-60-44-23-38-36(21-42(44)58-6)47(56)53-34(24-50-38)19-32-12-8-10-14-40(32)53/h7-14,16-18,20-23,27-28,34,48-50H,15,19,24-26H2,1-6H3,(H,51,54)/t27-,28+,34+/m1/s1. The van der Waals surface area contributed by atoms with E-state index in [1.807, 2.05) is 77.4 Å². The molecule has 8 rings (SSSR count). The van der Waals surface area contributed by atoms with Gasteiger partial charge in [-0.05, 0) is 98.5 Å². The number of para-hydroxylation sites is 2. The summed E-state index contributed by atoms with van der Waals surface area (Å²) < 4.78 is 24.3. The number of likely N-dealkylation sites (N-methyl/N-ethyl adjacent to an activating group) is 1. The Labute approximate surface area is 350 Å². The fourth-order valence-corrected chi connectivity index (χ4v) is 8.34. The summed E-state index contributed by atoms with van der Waals surface area (Å²) in [6.45, 7) is 4.64. The molecule has 0 aromatic heterocycles. The number of methoxy groups -OCH3 is 2. The highest BCUT2D eigenvalue weighted by Crippen LogP contribution is 2.42. The molecule has 310 valence electrons. The van der Waals surface area contributed by atoms with E-state index in [1.165, 1.54) is 0 Å². The SMILES string of the molecule is CNc1cc(OCc2cc(COc3cc4c(cc3OC)C(=O)N3c5ccccc5C[C@H]3CN4)cc(NC(=O)[C@H](C)NC)c2)c(OC)cc1C(=O)N1c2ccccc2C[C@H]1C. The number of hydrogen-bond acceptors (Lipinski definition) is 10. The van der Waals surface area contributed by atoms with Gasteiger partial charge in [0.25, 0.3) is 11.8 Å². The number of nitrogens with zero attached hydrogens (tertiary/aromatic N) is 2. The first-order chi connectivity index (χ1) is 29.1. The minimum atomic E-state index is -0.435. The van der Waals surface area contributed by atoms with E-state index in [4.69, 9.17) is 18.9 Å². The molecule has 0 fully saturated rings. The second-order valence-corrected chi connectivity index (χ2v) is 15.4. The van der Waals surface area contributed by atoms with Crippen LogP contribution in [0.25, 0.3) is 0 Å². The number of anilines is 5. The van der Waals surface area contributed by atoms with Crippen molar-refractivity contribution in [2.45, 2.75) is 58.0 Å². The average molecular weight is 811 g/mol. The predicted molar refractivity (Wildman–Crippen MR) is 233 cm³/mol. The second-order valence-electron chi connectivity index (χ2n) is 15.4. The van der Waals surface area contributed by atoms with Gasteiger partial charge in [-0.1, -0.05) is 36.4 Å². The highest BCUT2D eigenvalue weighted by atomic mass is 16.5. The molecular formula is C47H50N6O7. The smallest absolute Gasteiger partial charge is 0.260 e. The van der Waals surface area contributed by atoms with Crippen LogP contribution in [-0.2, 0) is 30.8 Å². The van der Waals surface area contributed by atoms with E-state index >= 15 is 0 Å². The number of ether oxygens (including phenoxy) is 4. The van der Waals surface area contributed by atoms with Crippen molar-refractivity contribution in [1.29, 1.82) is 0 Å². The molecule has 0 unspecified atom stereocenters. The fourth-order valence-electron chi connectivity index (χ4n) is 8.34. The lowest BCUT2D eigenvalue weighted by Gasteiger charge is -2.25. The Balaban J connectivity index is 1.04. The summed E-state index contributed by atoms with van der Waals surface area (Å²) in [6.07, 6.45) is 1.56. The van der Waals surface area contributed by atoms with Crippen molar-refractivity contribution in [3.8, 4) is 23.0 Å². The maximum atomic E-state index is 14.1. The van der Waals surface area contributed by atoms with Gasteiger partial charge >= 0.3 is 0 Å². The minimum absolute atomic E-state index is 0.000938. The summed E-state index contributed by atoms with van der Waals surface area (Å²) in [4.78, 5) is 44.8. The van der Waals surface area contributed by atoms with Crippen LogP contribution in [0.3, 0.4) is 0 Å². The molecule has 0 saturated heterocycles.